The summed E-state index contributed by atoms with van der Waals surface area (Å²) in [6.45, 7) is 5.92. The fraction of sp³-hybridized carbons (Fsp3) is 0.367. The van der Waals surface area contributed by atoms with E-state index < -0.39 is 10.0 Å². The summed E-state index contributed by atoms with van der Waals surface area (Å²) in [5, 5.41) is 3.47. The largest absolute Gasteiger partial charge is 0.352 e. The third kappa shape index (κ3) is 7.37. The summed E-state index contributed by atoms with van der Waals surface area (Å²) in [6, 6.07) is 20.7. The van der Waals surface area contributed by atoms with E-state index in [1.807, 2.05) is 13.0 Å². The van der Waals surface area contributed by atoms with Crippen LogP contribution < -0.4 is 9.62 Å². The Labute approximate surface area is 231 Å². The van der Waals surface area contributed by atoms with Crippen LogP contribution in [0.4, 0.5) is 5.69 Å². The quantitative estimate of drug-likeness (QED) is 0.311. The minimum absolute atomic E-state index is 0.107. The first kappa shape index (κ1) is 28.1. The first-order chi connectivity index (χ1) is 18.3. The molecular weight excluding hydrogens is 518 g/mol. The molecule has 0 bridgehead atoms. The topological polar surface area (TPSA) is 69.7 Å². The normalized spacial score (nSPS) is 14.6. The Morgan fingerprint density at radius 3 is 2.32 bits per heavy atom. The summed E-state index contributed by atoms with van der Waals surface area (Å²) in [7, 11) is -3.85. The van der Waals surface area contributed by atoms with Crippen molar-refractivity contribution in [2.75, 3.05) is 30.5 Å². The Morgan fingerprint density at radius 1 is 0.947 bits per heavy atom. The predicted molar refractivity (Wildman–Crippen MR) is 154 cm³/mol. The fourth-order valence-electron chi connectivity index (χ4n) is 4.76. The van der Waals surface area contributed by atoms with Gasteiger partial charge < -0.3 is 10.2 Å². The van der Waals surface area contributed by atoms with Crippen molar-refractivity contribution < 1.29 is 13.2 Å². The summed E-state index contributed by atoms with van der Waals surface area (Å²) in [4.78, 5) is 15.4. The molecule has 1 saturated heterocycles. The molecule has 1 heterocycles. The lowest BCUT2D eigenvalue weighted by atomic mass is 10.1. The second-order valence-corrected chi connectivity index (χ2v) is 12.1. The molecule has 4 rings (SSSR count). The van der Waals surface area contributed by atoms with Gasteiger partial charge in [-0.2, -0.15) is 0 Å². The molecule has 0 aromatic heterocycles. The maximum Gasteiger partial charge on any atom is 0.264 e. The van der Waals surface area contributed by atoms with Crippen LogP contribution in [-0.2, 0) is 16.6 Å². The maximum atomic E-state index is 13.7. The standard InChI is InChI=1S/C30H36ClN3O3S/c1-24-12-17-27(31)22-29(24)34(38(36,37)28-10-5-4-6-11-28)23-25-13-15-26(16-14-25)30(35)32-18-9-21-33-19-7-2-3-8-20-33/h4-6,10-17,22H,2-3,7-9,18-21,23H2,1H3,(H,32,35). The van der Waals surface area contributed by atoms with Crippen LogP contribution in [0, 0.1) is 6.92 Å². The van der Waals surface area contributed by atoms with Crippen molar-refractivity contribution in [1.82, 2.24) is 10.2 Å². The highest BCUT2D eigenvalue weighted by atomic mass is 35.5. The monoisotopic (exact) mass is 553 g/mol. The number of nitrogens with zero attached hydrogens (tertiary/aromatic N) is 2. The van der Waals surface area contributed by atoms with Crippen LogP contribution in [-0.4, -0.2) is 45.4 Å². The molecule has 3 aromatic carbocycles. The van der Waals surface area contributed by atoms with Crippen molar-refractivity contribution in [1.29, 1.82) is 0 Å². The van der Waals surface area contributed by atoms with Gasteiger partial charge in [-0.05, 0) is 93.3 Å². The molecule has 8 heteroatoms. The van der Waals surface area contributed by atoms with Crippen molar-refractivity contribution in [3.05, 3.63) is 94.5 Å². The van der Waals surface area contributed by atoms with Gasteiger partial charge in [0.05, 0.1) is 17.1 Å². The minimum Gasteiger partial charge on any atom is -0.352 e. The zero-order valence-electron chi connectivity index (χ0n) is 21.9. The van der Waals surface area contributed by atoms with Gasteiger partial charge in [-0.15, -0.1) is 0 Å². The van der Waals surface area contributed by atoms with Gasteiger partial charge in [0.15, 0.2) is 0 Å². The van der Waals surface area contributed by atoms with E-state index in [1.165, 1.54) is 30.0 Å². The zero-order valence-corrected chi connectivity index (χ0v) is 23.5. The van der Waals surface area contributed by atoms with E-state index >= 15 is 0 Å². The van der Waals surface area contributed by atoms with Crippen molar-refractivity contribution in [2.24, 2.45) is 0 Å². The van der Waals surface area contributed by atoms with Gasteiger partial charge in [0.2, 0.25) is 0 Å². The second-order valence-electron chi connectivity index (χ2n) is 9.82. The number of likely N-dealkylation sites (tertiary alicyclic amines) is 1. The van der Waals surface area contributed by atoms with Crippen molar-refractivity contribution in [2.45, 2.75) is 50.5 Å². The van der Waals surface area contributed by atoms with Gasteiger partial charge >= 0.3 is 0 Å². The van der Waals surface area contributed by atoms with Crippen molar-refractivity contribution >= 4 is 33.2 Å². The SMILES string of the molecule is Cc1ccc(Cl)cc1N(Cc1ccc(C(=O)NCCCN2CCCCCC2)cc1)S(=O)(=O)c1ccccc1. The van der Waals surface area contributed by atoms with Crippen LogP contribution in [0.2, 0.25) is 5.02 Å². The van der Waals surface area contributed by atoms with Gasteiger partial charge in [-0.1, -0.05) is 60.8 Å². The molecule has 0 atom stereocenters. The van der Waals surface area contributed by atoms with E-state index in [0.29, 0.717) is 22.8 Å². The molecule has 6 nitrogen and oxygen atoms in total. The van der Waals surface area contributed by atoms with Crippen LogP contribution in [0.3, 0.4) is 0 Å². The average Bonchev–Trinajstić information content (AvgIpc) is 3.21. The highest BCUT2D eigenvalue weighted by molar-refractivity contribution is 7.92. The number of aryl methyl sites for hydroxylation is 1. The first-order valence-electron chi connectivity index (χ1n) is 13.3. The maximum absolute atomic E-state index is 13.7. The van der Waals surface area contributed by atoms with Crippen molar-refractivity contribution in [3.8, 4) is 0 Å². The van der Waals surface area contributed by atoms with Crippen LogP contribution in [0.5, 0.6) is 0 Å². The number of carbonyl (C=O) groups is 1. The van der Waals surface area contributed by atoms with Gasteiger partial charge in [0.1, 0.15) is 0 Å². The van der Waals surface area contributed by atoms with E-state index in [1.54, 1.807) is 66.7 Å². The summed E-state index contributed by atoms with van der Waals surface area (Å²) in [5.74, 6) is -0.119. The van der Waals surface area contributed by atoms with E-state index in [-0.39, 0.29) is 17.3 Å². The lowest BCUT2D eigenvalue weighted by Crippen LogP contribution is -2.31. The number of hydrogen-bond acceptors (Lipinski definition) is 4. The molecule has 0 radical (unpaired) electrons. The third-order valence-electron chi connectivity index (χ3n) is 6.95. The summed E-state index contributed by atoms with van der Waals surface area (Å²) >= 11 is 6.25. The number of rotatable bonds is 10. The van der Waals surface area contributed by atoms with E-state index in [4.69, 9.17) is 11.6 Å². The molecule has 1 aliphatic rings. The Kier molecular flexibility index (Phi) is 9.83. The number of halogens is 1. The molecule has 1 N–H and O–H groups in total. The number of amides is 1. The van der Waals surface area contributed by atoms with Gasteiger partial charge in [-0.3, -0.25) is 9.10 Å². The molecule has 1 aliphatic heterocycles. The molecular formula is C30H36ClN3O3S. The van der Waals surface area contributed by atoms with Crippen LogP contribution in [0.25, 0.3) is 0 Å². The molecule has 0 saturated carbocycles. The van der Waals surface area contributed by atoms with E-state index in [2.05, 4.69) is 10.2 Å². The number of carbonyl (C=O) groups excluding carboxylic acids is 1. The Bertz CT molecular complexity index is 1310. The van der Waals surface area contributed by atoms with Crippen LogP contribution in [0.15, 0.2) is 77.7 Å². The lowest BCUT2D eigenvalue weighted by molar-refractivity contribution is 0.0951. The predicted octanol–water partition coefficient (Wildman–Crippen LogP) is 6.04. The Hall–Kier alpha value is -2.87. The third-order valence-corrected chi connectivity index (χ3v) is 8.96. The fourth-order valence-corrected chi connectivity index (χ4v) is 6.46. The molecule has 38 heavy (non-hydrogen) atoms. The van der Waals surface area contributed by atoms with Gasteiger partial charge in [0, 0.05) is 17.1 Å². The summed E-state index contributed by atoms with van der Waals surface area (Å²) < 4.78 is 28.7. The highest BCUT2D eigenvalue weighted by Crippen LogP contribution is 2.31. The van der Waals surface area contributed by atoms with Gasteiger partial charge in [-0.25, -0.2) is 8.42 Å². The number of sulfonamides is 1. The minimum atomic E-state index is -3.85. The number of anilines is 1. The van der Waals surface area contributed by atoms with Gasteiger partial charge in [0.25, 0.3) is 15.9 Å². The number of benzene rings is 3. The van der Waals surface area contributed by atoms with Crippen molar-refractivity contribution in [3.63, 3.8) is 0 Å². The number of nitrogens with one attached hydrogen (secondary N) is 1. The first-order valence-corrected chi connectivity index (χ1v) is 15.1. The Balaban J connectivity index is 1.44. The molecule has 1 fully saturated rings. The highest BCUT2D eigenvalue weighted by Gasteiger charge is 2.26. The smallest absolute Gasteiger partial charge is 0.264 e. The molecule has 202 valence electrons. The number of hydrogen-bond donors (Lipinski definition) is 1. The molecule has 1 amide bonds. The summed E-state index contributed by atoms with van der Waals surface area (Å²) in [6.07, 6.45) is 6.09. The molecule has 0 spiro atoms. The van der Waals surface area contributed by atoms with Crippen LogP contribution >= 0.6 is 11.6 Å². The van der Waals surface area contributed by atoms with Crippen LogP contribution in [0.1, 0.15) is 53.6 Å². The Morgan fingerprint density at radius 2 is 1.63 bits per heavy atom. The average molecular weight is 554 g/mol. The van der Waals surface area contributed by atoms with E-state index in [0.717, 1.165) is 37.2 Å². The lowest BCUT2D eigenvalue weighted by Gasteiger charge is -2.26. The molecule has 3 aromatic rings. The zero-order chi connectivity index (χ0) is 27.0. The summed E-state index contributed by atoms with van der Waals surface area (Å²) in [5.41, 5.74) is 2.64. The second kappa shape index (κ2) is 13.3. The molecule has 0 unspecified atom stereocenters. The molecule has 0 aliphatic carbocycles. The van der Waals surface area contributed by atoms with E-state index in [9.17, 15) is 13.2 Å².